The largest absolute Gasteiger partial charge is 0.491 e. The summed E-state index contributed by atoms with van der Waals surface area (Å²) in [7, 11) is 0. The molecule has 0 saturated carbocycles. The fraction of sp³-hybridized carbons (Fsp3) is 0.214. The smallest absolute Gasteiger partial charge is 0.143 e. The van der Waals surface area contributed by atoms with E-state index in [1.165, 1.54) is 0 Å². The fourth-order valence-corrected chi connectivity index (χ4v) is 1.89. The van der Waals surface area contributed by atoms with E-state index >= 15 is 0 Å². The predicted molar refractivity (Wildman–Crippen MR) is 70.8 cm³/mol. The lowest BCUT2D eigenvalue weighted by molar-refractivity contribution is 0.263. The number of para-hydroxylation sites is 1. The summed E-state index contributed by atoms with van der Waals surface area (Å²) < 4.78 is 5.63. The summed E-state index contributed by atoms with van der Waals surface area (Å²) in [5.74, 6) is 0.553. The highest BCUT2D eigenvalue weighted by atomic mass is 35.5. The second-order valence-corrected chi connectivity index (χ2v) is 4.21. The number of rotatable bonds is 5. The minimum atomic E-state index is -0.0838. The topological polar surface area (TPSA) is 42.4 Å². The van der Waals surface area contributed by atoms with Crippen molar-refractivity contribution in [2.24, 2.45) is 0 Å². The molecule has 0 aliphatic heterocycles. The van der Waals surface area contributed by atoms with E-state index in [9.17, 15) is 5.11 Å². The SMILES string of the molecule is OCc1cccc(Cl)c1OCCc1ccccn1. The Morgan fingerprint density at radius 2 is 2.06 bits per heavy atom. The Hall–Kier alpha value is -1.58. The van der Waals surface area contributed by atoms with Crippen LogP contribution in [-0.2, 0) is 13.0 Å². The van der Waals surface area contributed by atoms with Crippen LogP contribution in [0.4, 0.5) is 0 Å². The Labute approximate surface area is 111 Å². The molecule has 0 fully saturated rings. The van der Waals surface area contributed by atoms with Crippen molar-refractivity contribution in [3.63, 3.8) is 0 Å². The van der Waals surface area contributed by atoms with Crippen LogP contribution in [0.1, 0.15) is 11.3 Å². The van der Waals surface area contributed by atoms with Gasteiger partial charge >= 0.3 is 0 Å². The molecule has 0 saturated heterocycles. The summed E-state index contributed by atoms with van der Waals surface area (Å²) in [5.41, 5.74) is 1.67. The Morgan fingerprint density at radius 1 is 1.17 bits per heavy atom. The number of aromatic nitrogens is 1. The number of aliphatic hydroxyl groups is 1. The van der Waals surface area contributed by atoms with Crippen LogP contribution >= 0.6 is 11.6 Å². The van der Waals surface area contributed by atoms with Crippen molar-refractivity contribution in [1.82, 2.24) is 4.98 Å². The van der Waals surface area contributed by atoms with E-state index in [1.807, 2.05) is 18.2 Å². The zero-order valence-electron chi connectivity index (χ0n) is 9.84. The van der Waals surface area contributed by atoms with Gasteiger partial charge in [0.2, 0.25) is 0 Å². The van der Waals surface area contributed by atoms with Crippen molar-refractivity contribution in [2.45, 2.75) is 13.0 Å². The van der Waals surface area contributed by atoms with Gasteiger partial charge in [0, 0.05) is 23.9 Å². The van der Waals surface area contributed by atoms with Crippen LogP contribution in [0.15, 0.2) is 42.6 Å². The van der Waals surface area contributed by atoms with Crippen LogP contribution in [0.25, 0.3) is 0 Å². The Morgan fingerprint density at radius 3 is 2.78 bits per heavy atom. The van der Waals surface area contributed by atoms with Gasteiger partial charge in [0.15, 0.2) is 0 Å². The average Bonchev–Trinajstić information content (AvgIpc) is 2.41. The number of benzene rings is 1. The minimum absolute atomic E-state index is 0.0838. The van der Waals surface area contributed by atoms with Gasteiger partial charge in [-0.2, -0.15) is 0 Å². The zero-order chi connectivity index (χ0) is 12.8. The van der Waals surface area contributed by atoms with Crippen molar-refractivity contribution in [3.8, 4) is 5.75 Å². The summed E-state index contributed by atoms with van der Waals surface area (Å²) in [4.78, 5) is 4.21. The molecule has 0 bridgehead atoms. The number of hydrogen-bond donors (Lipinski definition) is 1. The molecular weight excluding hydrogens is 250 g/mol. The first kappa shape index (κ1) is 12.9. The maximum Gasteiger partial charge on any atom is 0.143 e. The normalized spacial score (nSPS) is 10.3. The molecule has 2 rings (SSSR count). The molecule has 94 valence electrons. The predicted octanol–water partition coefficient (Wildman–Crippen LogP) is 2.85. The fourth-order valence-electron chi connectivity index (χ4n) is 1.64. The van der Waals surface area contributed by atoms with Crippen molar-refractivity contribution in [3.05, 3.63) is 58.9 Å². The third kappa shape index (κ3) is 3.22. The van der Waals surface area contributed by atoms with E-state index in [0.29, 0.717) is 29.4 Å². The van der Waals surface area contributed by atoms with Crippen molar-refractivity contribution >= 4 is 11.6 Å². The van der Waals surface area contributed by atoms with E-state index in [0.717, 1.165) is 5.69 Å². The molecule has 0 unspecified atom stereocenters. The van der Waals surface area contributed by atoms with Gasteiger partial charge in [0.05, 0.1) is 18.2 Å². The molecule has 2 aromatic rings. The van der Waals surface area contributed by atoms with Crippen LogP contribution in [0, 0.1) is 0 Å². The van der Waals surface area contributed by atoms with E-state index in [1.54, 1.807) is 24.4 Å². The summed E-state index contributed by atoms with van der Waals surface area (Å²) >= 11 is 6.04. The first-order valence-electron chi connectivity index (χ1n) is 5.72. The third-order valence-corrected chi connectivity index (χ3v) is 2.85. The highest BCUT2D eigenvalue weighted by Gasteiger charge is 2.07. The van der Waals surface area contributed by atoms with Crippen molar-refractivity contribution in [2.75, 3.05) is 6.61 Å². The molecular formula is C14H14ClNO2. The molecule has 1 N–H and O–H groups in total. The van der Waals surface area contributed by atoms with Crippen LogP contribution in [0.3, 0.4) is 0 Å². The monoisotopic (exact) mass is 263 g/mol. The van der Waals surface area contributed by atoms with Gasteiger partial charge in [-0.15, -0.1) is 0 Å². The first-order valence-corrected chi connectivity index (χ1v) is 6.10. The number of hydrogen-bond acceptors (Lipinski definition) is 3. The van der Waals surface area contributed by atoms with Crippen LogP contribution < -0.4 is 4.74 Å². The lowest BCUT2D eigenvalue weighted by Gasteiger charge is -2.11. The van der Waals surface area contributed by atoms with Crippen molar-refractivity contribution < 1.29 is 9.84 Å². The lowest BCUT2D eigenvalue weighted by atomic mass is 10.2. The van der Waals surface area contributed by atoms with Gasteiger partial charge in [0.1, 0.15) is 5.75 Å². The molecule has 0 aliphatic rings. The molecule has 18 heavy (non-hydrogen) atoms. The number of ether oxygens (including phenoxy) is 1. The number of nitrogens with zero attached hydrogens (tertiary/aromatic N) is 1. The third-order valence-electron chi connectivity index (χ3n) is 2.55. The quantitative estimate of drug-likeness (QED) is 0.902. The molecule has 0 radical (unpaired) electrons. The second-order valence-electron chi connectivity index (χ2n) is 3.81. The lowest BCUT2D eigenvalue weighted by Crippen LogP contribution is -2.05. The van der Waals surface area contributed by atoms with Gasteiger partial charge < -0.3 is 9.84 Å². The van der Waals surface area contributed by atoms with Crippen LogP contribution in [0.2, 0.25) is 5.02 Å². The van der Waals surface area contributed by atoms with Gasteiger partial charge in [-0.3, -0.25) is 4.98 Å². The number of aliphatic hydroxyl groups excluding tert-OH is 1. The Kier molecular flexibility index (Phi) is 4.56. The molecule has 0 amide bonds. The van der Waals surface area contributed by atoms with E-state index in [2.05, 4.69) is 4.98 Å². The van der Waals surface area contributed by atoms with Crippen LogP contribution in [0.5, 0.6) is 5.75 Å². The Balaban J connectivity index is 1.98. The maximum absolute atomic E-state index is 9.21. The molecule has 1 heterocycles. The van der Waals surface area contributed by atoms with E-state index in [4.69, 9.17) is 16.3 Å². The molecule has 1 aromatic heterocycles. The minimum Gasteiger partial charge on any atom is -0.491 e. The van der Waals surface area contributed by atoms with E-state index in [-0.39, 0.29) is 6.61 Å². The number of halogens is 1. The van der Waals surface area contributed by atoms with Crippen LogP contribution in [-0.4, -0.2) is 16.7 Å². The van der Waals surface area contributed by atoms with Crippen molar-refractivity contribution in [1.29, 1.82) is 0 Å². The van der Waals surface area contributed by atoms with Gasteiger partial charge in [0.25, 0.3) is 0 Å². The highest BCUT2D eigenvalue weighted by molar-refractivity contribution is 6.32. The molecule has 0 atom stereocenters. The van der Waals surface area contributed by atoms with Gasteiger partial charge in [-0.05, 0) is 18.2 Å². The number of pyridine rings is 1. The summed E-state index contributed by atoms with van der Waals surface area (Å²) in [6.07, 6.45) is 2.46. The molecule has 0 aliphatic carbocycles. The maximum atomic E-state index is 9.21. The zero-order valence-corrected chi connectivity index (χ0v) is 10.6. The Bertz CT molecular complexity index is 502. The molecule has 0 spiro atoms. The average molecular weight is 264 g/mol. The van der Waals surface area contributed by atoms with Gasteiger partial charge in [-0.25, -0.2) is 0 Å². The summed E-state index contributed by atoms with van der Waals surface area (Å²) in [6, 6.07) is 11.1. The summed E-state index contributed by atoms with van der Waals surface area (Å²) in [5, 5.41) is 9.72. The summed E-state index contributed by atoms with van der Waals surface area (Å²) in [6.45, 7) is 0.396. The molecule has 4 heteroatoms. The standard InChI is InChI=1S/C14H14ClNO2/c15-13-6-3-4-11(10-17)14(13)18-9-7-12-5-1-2-8-16-12/h1-6,8,17H,7,9-10H2. The van der Waals surface area contributed by atoms with E-state index < -0.39 is 0 Å². The van der Waals surface area contributed by atoms with Gasteiger partial charge in [-0.1, -0.05) is 29.8 Å². The highest BCUT2D eigenvalue weighted by Crippen LogP contribution is 2.28. The first-order chi connectivity index (χ1) is 8.81. The second kappa shape index (κ2) is 6.38. The molecule has 3 nitrogen and oxygen atoms in total. The molecule has 1 aromatic carbocycles.